The van der Waals surface area contributed by atoms with Gasteiger partial charge in [-0.1, -0.05) is 13.3 Å². The molecule has 3 aromatic heterocycles. The Balaban J connectivity index is 0.00000225. The summed E-state index contributed by atoms with van der Waals surface area (Å²) in [5.74, 6) is 0. The first-order chi connectivity index (χ1) is 13.2. The molecule has 0 amide bonds. The van der Waals surface area contributed by atoms with Crippen LogP contribution in [0.25, 0.3) is 21.8 Å². The number of piperidine rings is 1. The van der Waals surface area contributed by atoms with Crippen molar-refractivity contribution < 1.29 is 0 Å². The molecule has 1 N–H and O–H groups in total. The number of pyridine rings is 2. The van der Waals surface area contributed by atoms with Gasteiger partial charge in [0.15, 0.2) is 0 Å². The van der Waals surface area contributed by atoms with Crippen LogP contribution in [0.4, 0.5) is 0 Å². The maximum atomic E-state index is 12.7. The van der Waals surface area contributed by atoms with Crippen LogP contribution in [0.2, 0.25) is 0 Å². The number of aryl methyl sites for hydroxylation is 1. The molecule has 0 unspecified atom stereocenters. The van der Waals surface area contributed by atoms with E-state index in [9.17, 15) is 4.79 Å². The predicted molar refractivity (Wildman–Crippen MR) is 117 cm³/mol. The van der Waals surface area contributed by atoms with E-state index < -0.39 is 0 Å². The number of rotatable bonds is 5. The van der Waals surface area contributed by atoms with E-state index in [0.29, 0.717) is 5.56 Å². The summed E-state index contributed by atoms with van der Waals surface area (Å²) in [4.78, 5) is 27.0. The molecule has 7 heteroatoms. The Hall–Kier alpha value is -2.02. The fourth-order valence-electron chi connectivity index (χ4n) is 3.64. The summed E-state index contributed by atoms with van der Waals surface area (Å²) in [6, 6.07) is 5.93. The third kappa shape index (κ3) is 4.51. The van der Waals surface area contributed by atoms with Crippen LogP contribution in [-0.4, -0.2) is 32.9 Å². The van der Waals surface area contributed by atoms with Crippen molar-refractivity contribution in [1.82, 2.24) is 19.9 Å². The third-order valence-electron chi connectivity index (χ3n) is 5.12. The molecule has 5 nitrogen and oxygen atoms in total. The second-order valence-electron chi connectivity index (χ2n) is 6.98. The molecule has 1 fully saturated rings. The maximum absolute atomic E-state index is 12.7. The minimum atomic E-state index is -0.0548. The van der Waals surface area contributed by atoms with Crippen LogP contribution in [-0.2, 0) is 13.0 Å². The number of halogens is 1. The topological polar surface area (TPSA) is 61.9 Å². The molecule has 28 heavy (non-hydrogen) atoms. The van der Waals surface area contributed by atoms with Crippen LogP contribution in [0.1, 0.15) is 37.4 Å². The normalized spacial score (nSPS) is 14.6. The number of aromatic amines is 1. The van der Waals surface area contributed by atoms with Crippen LogP contribution in [0.5, 0.6) is 0 Å². The van der Waals surface area contributed by atoms with Crippen LogP contribution < -0.4 is 5.56 Å². The number of thiazole rings is 1. The number of hydrogen-bond acceptors (Lipinski definition) is 5. The zero-order valence-corrected chi connectivity index (χ0v) is 17.6. The zero-order valence-electron chi connectivity index (χ0n) is 16.0. The number of H-pyrrole nitrogens is 1. The minimum Gasteiger partial charge on any atom is -0.325 e. The van der Waals surface area contributed by atoms with Gasteiger partial charge in [0.1, 0.15) is 5.01 Å². The first-order valence-corrected chi connectivity index (χ1v) is 10.5. The zero-order chi connectivity index (χ0) is 18.6. The number of hydrogen-bond donors (Lipinski definition) is 1. The minimum absolute atomic E-state index is 0. The van der Waals surface area contributed by atoms with Gasteiger partial charge in [0.2, 0.25) is 0 Å². The molecule has 148 valence electrons. The Morgan fingerprint density at radius 2 is 1.93 bits per heavy atom. The molecule has 0 radical (unpaired) electrons. The Labute approximate surface area is 175 Å². The van der Waals surface area contributed by atoms with Gasteiger partial charge in [-0.2, -0.15) is 0 Å². The highest BCUT2D eigenvalue weighted by Crippen LogP contribution is 2.28. The molecule has 0 aromatic carbocycles. The number of aromatic nitrogens is 3. The molecule has 0 atom stereocenters. The molecule has 0 saturated carbocycles. The maximum Gasteiger partial charge on any atom is 0.257 e. The molecule has 3 aromatic rings. The van der Waals surface area contributed by atoms with E-state index in [2.05, 4.69) is 27.9 Å². The van der Waals surface area contributed by atoms with Gasteiger partial charge in [0, 0.05) is 35.6 Å². The summed E-state index contributed by atoms with van der Waals surface area (Å²) in [6.07, 6.45) is 8.20. The van der Waals surface area contributed by atoms with Gasteiger partial charge >= 0.3 is 0 Å². The predicted octanol–water partition coefficient (Wildman–Crippen LogP) is 4.53. The van der Waals surface area contributed by atoms with E-state index in [-0.39, 0.29) is 18.0 Å². The number of nitrogens with zero attached hydrogens (tertiary/aromatic N) is 3. The van der Waals surface area contributed by atoms with Gasteiger partial charge in [0.25, 0.3) is 5.56 Å². The molecule has 0 aliphatic carbocycles. The molecule has 1 aliphatic rings. The van der Waals surface area contributed by atoms with Crippen LogP contribution in [0, 0.1) is 0 Å². The van der Waals surface area contributed by atoms with Gasteiger partial charge < -0.3 is 4.98 Å². The first kappa shape index (κ1) is 20.7. The van der Waals surface area contributed by atoms with Gasteiger partial charge in [-0.25, -0.2) is 4.98 Å². The van der Waals surface area contributed by atoms with Gasteiger partial charge in [0.05, 0.1) is 11.3 Å². The Bertz CT molecular complexity index is 964. The summed E-state index contributed by atoms with van der Waals surface area (Å²) in [5, 5.41) is 2.88. The third-order valence-corrected chi connectivity index (χ3v) is 6.01. The van der Waals surface area contributed by atoms with E-state index in [4.69, 9.17) is 4.98 Å². The standard InChI is InChI=1S/C21H24N4OS.ClH/c1-2-18-16(13-25-10-4-3-5-11-25)12-17(20(26)23-18)19-14-27-21(24-19)15-6-8-22-9-7-15;/h6-9,12,14H,2-5,10-11,13H2,1H3,(H,23,26);1H. The summed E-state index contributed by atoms with van der Waals surface area (Å²) in [6.45, 7) is 5.27. The molecule has 1 aliphatic heterocycles. The van der Waals surface area contributed by atoms with E-state index in [0.717, 1.165) is 48.0 Å². The van der Waals surface area contributed by atoms with E-state index >= 15 is 0 Å². The average molecular weight is 417 g/mol. The second-order valence-corrected chi connectivity index (χ2v) is 7.84. The van der Waals surface area contributed by atoms with Crippen LogP contribution in [0.15, 0.2) is 40.8 Å². The highest BCUT2D eigenvalue weighted by atomic mass is 35.5. The lowest BCUT2D eigenvalue weighted by Gasteiger charge is -2.27. The highest BCUT2D eigenvalue weighted by molar-refractivity contribution is 7.13. The Kier molecular flexibility index (Phi) is 6.99. The van der Waals surface area contributed by atoms with Gasteiger partial charge in [-0.3, -0.25) is 14.7 Å². The molecule has 4 rings (SSSR count). The monoisotopic (exact) mass is 416 g/mol. The summed E-state index contributed by atoms with van der Waals surface area (Å²) >= 11 is 1.56. The molecular weight excluding hydrogens is 392 g/mol. The number of nitrogens with one attached hydrogen (secondary N) is 1. The highest BCUT2D eigenvalue weighted by Gasteiger charge is 2.16. The first-order valence-electron chi connectivity index (χ1n) is 9.58. The Morgan fingerprint density at radius 3 is 2.64 bits per heavy atom. The Morgan fingerprint density at radius 1 is 1.18 bits per heavy atom. The second kappa shape index (κ2) is 9.45. The van der Waals surface area contributed by atoms with Crippen molar-refractivity contribution in [3.8, 4) is 21.8 Å². The lowest BCUT2D eigenvalue weighted by Crippen LogP contribution is -2.30. The lowest BCUT2D eigenvalue weighted by atomic mass is 10.0. The van der Waals surface area contributed by atoms with Crippen molar-refractivity contribution in [2.24, 2.45) is 0 Å². The molecule has 1 saturated heterocycles. The summed E-state index contributed by atoms with van der Waals surface area (Å²) in [7, 11) is 0. The fourth-order valence-corrected chi connectivity index (χ4v) is 4.47. The average Bonchev–Trinajstić information content (AvgIpc) is 3.20. The van der Waals surface area contributed by atoms with E-state index in [1.54, 1.807) is 23.7 Å². The quantitative estimate of drug-likeness (QED) is 0.663. The smallest absolute Gasteiger partial charge is 0.257 e. The van der Waals surface area contributed by atoms with E-state index in [1.807, 2.05) is 17.5 Å². The van der Waals surface area contributed by atoms with Crippen molar-refractivity contribution in [3.05, 3.63) is 57.6 Å². The largest absolute Gasteiger partial charge is 0.325 e. The lowest BCUT2D eigenvalue weighted by molar-refractivity contribution is 0.220. The van der Waals surface area contributed by atoms with Crippen molar-refractivity contribution >= 4 is 23.7 Å². The molecule has 0 spiro atoms. The van der Waals surface area contributed by atoms with Crippen LogP contribution in [0.3, 0.4) is 0 Å². The van der Waals surface area contributed by atoms with E-state index in [1.165, 1.54) is 24.8 Å². The van der Waals surface area contributed by atoms with Gasteiger partial charge in [-0.15, -0.1) is 23.7 Å². The molecular formula is C21H25ClN4OS. The van der Waals surface area contributed by atoms with Crippen molar-refractivity contribution in [1.29, 1.82) is 0 Å². The summed E-state index contributed by atoms with van der Waals surface area (Å²) < 4.78 is 0. The molecule has 0 bridgehead atoms. The van der Waals surface area contributed by atoms with Crippen molar-refractivity contribution in [3.63, 3.8) is 0 Å². The molecule has 4 heterocycles. The van der Waals surface area contributed by atoms with Gasteiger partial charge in [-0.05, 0) is 56.1 Å². The van der Waals surface area contributed by atoms with Crippen LogP contribution >= 0.6 is 23.7 Å². The van der Waals surface area contributed by atoms with Crippen molar-refractivity contribution in [2.75, 3.05) is 13.1 Å². The SMILES string of the molecule is CCc1[nH]c(=O)c(-c2csc(-c3ccncc3)n2)cc1CN1CCCCC1.Cl. The number of likely N-dealkylation sites (tertiary alicyclic amines) is 1. The van der Waals surface area contributed by atoms with Crippen molar-refractivity contribution in [2.45, 2.75) is 39.2 Å². The summed E-state index contributed by atoms with van der Waals surface area (Å²) in [5.41, 5.74) is 4.63. The fraction of sp³-hybridized carbons (Fsp3) is 0.381.